The van der Waals surface area contributed by atoms with Crippen molar-refractivity contribution in [3.63, 3.8) is 0 Å². The van der Waals surface area contributed by atoms with Gasteiger partial charge in [0.2, 0.25) is 0 Å². The van der Waals surface area contributed by atoms with Gasteiger partial charge in [-0.3, -0.25) is 9.59 Å². The molecule has 28 heavy (non-hydrogen) atoms. The van der Waals surface area contributed by atoms with Crippen LogP contribution in [0.1, 0.15) is 44.8 Å². The predicted molar refractivity (Wildman–Crippen MR) is 111 cm³/mol. The third-order valence-electron chi connectivity index (χ3n) is 4.40. The number of hydrogen-bond donors (Lipinski definition) is 2. The van der Waals surface area contributed by atoms with Crippen LogP contribution in [0.15, 0.2) is 78.9 Å². The monoisotopic (exact) mass is 392 g/mol. The summed E-state index contributed by atoms with van der Waals surface area (Å²) in [6, 6.07) is 23.6. The number of halogens is 1. The molecule has 1 unspecified atom stereocenters. The third kappa shape index (κ3) is 5.21. The van der Waals surface area contributed by atoms with E-state index in [0.717, 1.165) is 11.1 Å². The average molecular weight is 393 g/mol. The van der Waals surface area contributed by atoms with E-state index in [1.54, 1.807) is 36.4 Å². The molecule has 0 radical (unpaired) electrons. The third-order valence-corrected chi connectivity index (χ3v) is 4.65. The second kappa shape index (κ2) is 9.20. The predicted octanol–water partition coefficient (Wildman–Crippen LogP) is 4.76. The molecular weight excluding hydrogens is 372 g/mol. The lowest BCUT2D eigenvalue weighted by Crippen LogP contribution is -2.27. The topological polar surface area (TPSA) is 58.2 Å². The molecular formula is C23H21ClN2O2. The first-order chi connectivity index (χ1) is 13.5. The summed E-state index contributed by atoms with van der Waals surface area (Å²) in [7, 11) is 0. The SMILES string of the molecule is CC(NC(=O)c1cccc(C(=O)NCc2ccc(Cl)cc2)c1)c1ccccc1. The summed E-state index contributed by atoms with van der Waals surface area (Å²) in [5.74, 6) is -0.454. The lowest BCUT2D eigenvalue weighted by Gasteiger charge is -2.14. The Kier molecular flexibility index (Phi) is 6.45. The van der Waals surface area contributed by atoms with Crippen LogP contribution >= 0.6 is 11.6 Å². The molecule has 3 rings (SSSR count). The molecule has 142 valence electrons. The van der Waals surface area contributed by atoms with Crippen molar-refractivity contribution in [1.29, 1.82) is 0 Å². The first-order valence-electron chi connectivity index (χ1n) is 9.01. The summed E-state index contributed by atoms with van der Waals surface area (Å²) in [5, 5.41) is 6.46. The minimum Gasteiger partial charge on any atom is -0.348 e. The van der Waals surface area contributed by atoms with Crippen molar-refractivity contribution in [3.8, 4) is 0 Å². The standard InChI is InChI=1S/C23H21ClN2O2/c1-16(18-6-3-2-4-7-18)26-23(28)20-9-5-8-19(14-20)22(27)25-15-17-10-12-21(24)13-11-17/h2-14,16H,15H2,1H3,(H,25,27)(H,26,28). The lowest BCUT2D eigenvalue weighted by molar-refractivity contribution is 0.0940. The van der Waals surface area contributed by atoms with Gasteiger partial charge in [0.1, 0.15) is 0 Å². The molecule has 0 aliphatic carbocycles. The quantitative estimate of drug-likeness (QED) is 0.635. The molecule has 0 spiro atoms. The molecule has 3 aromatic carbocycles. The maximum atomic E-state index is 12.6. The number of rotatable bonds is 6. The highest BCUT2D eigenvalue weighted by atomic mass is 35.5. The van der Waals surface area contributed by atoms with Gasteiger partial charge in [-0.1, -0.05) is 60.1 Å². The van der Waals surface area contributed by atoms with Crippen molar-refractivity contribution in [3.05, 3.63) is 106 Å². The Hall–Kier alpha value is -3.11. The molecule has 3 aromatic rings. The Morgan fingerprint density at radius 1 is 0.857 bits per heavy atom. The van der Waals surface area contributed by atoms with Crippen molar-refractivity contribution in [2.45, 2.75) is 19.5 Å². The van der Waals surface area contributed by atoms with Crippen LogP contribution in [-0.4, -0.2) is 11.8 Å². The molecule has 1 atom stereocenters. The van der Waals surface area contributed by atoms with E-state index in [9.17, 15) is 9.59 Å². The fourth-order valence-electron chi connectivity index (χ4n) is 2.79. The molecule has 0 fully saturated rings. The first-order valence-corrected chi connectivity index (χ1v) is 9.39. The van der Waals surface area contributed by atoms with E-state index in [0.29, 0.717) is 22.7 Å². The van der Waals surface area contributed by atoms with E-state index in [2.05, 4.69) is 10.6 Å². The van der Waals surface area contributed by atoms with Gasteiger partial charge in [-0.2, -0.15) is 0 Å². The van der Waals surface area contributed by atoms with Crippen LogP contribution in [0.25, 0.3) is 0 Å². The van der Waals surface area contributed by atoms with Crippen molar-refractivity contribution in [1.82, 2.24) is 10.6 Å². The van der Waals surface area contributed by atoms with Gasteiger partial charge in [-0.15, -0.1) is 0 Å². The smallest absolute Gasteiger partial charge is 0.251 e. The molecule has 0 bridgehead atoms. The Balaban J connectivity index is 1.63. The maximum Gasteiger partial charge on any atom is 0.251 e. The fraction of sp³-hybridized carbons (Fsp3) is 0.130. The summed E-state index contributed by atoms with van der Waals surface area (Å²) in [6.07, 6.45) is 0. The molecule has 2 N–H and O–H groups in total. The second-order valence-electron chi connectivity index (χ2n) is 6.50. The van der Waals surface area contributed by atoms with Crippen molar-refractivity contribution in [2.24, 2.45) is 0 Å². The second-order valence-corrected chi connectivity index (χ2v) is 6.93. The van der Waals surface area contributed by atoms with E-state index >= 15 is 0 Å². The van der Waals surface area contributed by atoms with Gasteiger partial charge in [0.05, 0.1) is 6.04 Å². The molecule has 5 heteroatoms. The van der Waals surface area contributed by atoms with Crippen molar-refractivity contribution in [2.75, 3.05) is 0 Å². The molecule has 0 saturated heterocycles. The van der Waals surface area contributed by atoms with E-state index in [4.69, 9.17) is 11.6 Å². The summed E-state index contributed by atoms with van der Waals surface area (Å²) in [6.45, 7) is 2.31. The Bertz CT molecular complexity index is 956. The van der Waals surface area contributed by atoms with E-state index in [-0.39, 0.29) is 17.9 Å². The highest BCUT2D eigenvalue weighted by Crippen LogP contribution is 2.14. The molecule has 2 amide bonds. The van der Waals surface area contributed by atoms with Crippen LogP contribution in [0.4, 0.5) is 0 Å². The van der Waals surface area contributed by atoms with Gasteiger partial charge in [0, 0.05) is 22.7 Å². The van der Waals surface area contributed by atoms with Gasteiger partial charge in [-0.05, 0) is 48.4 Å². The van der Waals surface area contributed by atoms with Crippen molar-refractivity contribution < 1.29 is 9.59 Å². The molecule has 0 aliphatic rings. The Morgan fingerprint density at radius 2 is 1.50 bits per heavy atom. The number of nitrogens with one attached hydrogen (secondary N) is 2. The lowest BCUT2D eigenvalue weighted by atomic mass is 10.1. The van der Waals surface area contributed by atoms with E-state index < -0.39 is 0 Å². The van der Waals surface area contributed by atoms with Gasteiger partial charge >= 0.3 is 0 Å². The van der Waals surface area contributed by atoms with Crippen LogP contribution in [0, 0.1) is 0 Å². The first kappa shape index (κ1) is 19.6. The minimum absolute atomic E-state index is 0.129. The maximum absolute atomic E-state index is 12.6. The summed E-state index contributed by atoms with van der Waals surface area (Å²) in [4.78, 5) is 25.0. The van der Waals surface area contributed by atoms with Gasteiger partial charge in [0.25, 0.3) is 11.8 Å². The number of benzene rings is 3. The summed E-state index contributed by atoms with van der Waals surface area (Å²) in [5.41, 5.74) is 2.85. The average Bonchev–Trinajstić information content (AvgIpc) is 2.73. The van der Waals surface area contributed by atoms with Crippen LogP contribution in [-0.2, 0) is 6.54 Å². The number of carbonyl (C=O) groups excluding carboxylic acids is 2. The van der Waals surface area contributed by atoms with Crippen LogP contribution in [0.3, 0.4) is 0 Å². The van der Waals surface area contributed by atoms with Gasteiger partial charge < -0.3 is 10.6 Å². The molecule has 0 heterocycles. The summed E-state index contributed by atoms with van der Waals surface area (Å²) >= 11 is 5.87. The molecule has 0 aromatic heterocycles. The van der Waals surface area contributed by atoms with Gasteiger partial charge in [-0.25, -0.2) is 0 Å². The Labute approximate surface area is 169 Å². The van der Waals surface area contributed by atoms with Crippen LogP contribution in [0.2, 0.25) is 5.02 Å². The van der Waals surface area contributed by atoms with Crippen LogP contribution in [0.5, 0.6) is 0 Å². The number of hydrogen-bond acceptors (Lipinski definition) is 2. The van der Waals surface area contributed by atoms with Gasteiger partial charge in [0.15, 0.2) is 0 Å². The minimum atomic E-state index is -0.235. The zero-order valence-corrected chi connectivity index (χ0v) is 16.2. The zero-order chi connectivity index (χ0) is 19.9. The fourth-order valence-corrected chi connectivity index (χ4v) is 2.92. The molecule has 0 aliphatic heterocycles. The summed E-state index contributed by atoms with van der Waals surface area (Å²) < 4.78 is 0. The van der Waals surface area contributed by atoms with E-state index in [1.807, 2.05) is 49.4 Å². The van der Waals surface area contributed by atoms with Crippen LogP contribution < -0.4 is 10.6 Å². The largest absolute Gasteiger partial charge is 0.348 e. The number of carbonyl (C=O) groups is 2. The molecule has 4 nitrogen and oxygen atoms in total. The number of amides is 2. The molecule has 0 saturated carbocycles. The normalized spacial score (nSPS) is 11.5. The Morgan fingerprint density at radius 3 is 2.18 bits per heavy atom. The highest BCUT2D eigenvalue weighted by Gasteiger charge is 2.13. The van der Waals surface area contributed by atoms with E-state index in [1.165, 1.54) is 0 Å². The highest BCUT2D eigenvalue weighted by molar-refractivity contribution is 6.30. The van der Waals surface area contributed by atoms with Crippen molar-refractivity contribution >= 4 is 23.4 Å². The zero-order valence-electron chi connectivity index (χ0n) is 15.5.